The number of hydrogen-bond acceptors (Lipinski definition) is 2. The molecule has 0 aromatic heterocycles. The summed E-state index contributed by atoms with van der Waals surface area (Å²) in [7, 11) is 0. The molecule has 2 unspecified atom stereocenters. The van der Waals surface area contributed by atoms with Gasteiger partial charge in [0.2, 0.25) is 0 Å². The number of halogens is 2. The van der Waals surface area contributed by atoms with Gasteiger partial charge in [0.15, 0.2) is 0 Å². The fourth-order valence-corrected chi connectivity index (χ4v) is 2.39. The standard InChI is InChI=1S/C15H19F2NO2/c1-10(7-8-11-4-3-9-20-11)18-15(19)14-12(16)5-2-6-13(14)17/h2,5-6,10-11H,3-4,7-9H2,1H3,(H,18,19). The summed E-state index contributed by atoms with van der Waals surface area (Å²) in [5.74, 6) is -2.39. The van der Waals surface area contributed by atoms with Crippen molar-refractivity contribution in [3.63, 3.8) is 0 Å². The molecule has 0 aliphatic carbocycles. The van der Waals surface area contributed by atoms with Crippen molar-refractivity contribution in [3.05, 3.63) is 35.4 Å². The number of rotatable bonds is 5. The molecule has 20 heavy (non-hydrogen) atoms. The van der Waals surface area contributed by atoms with E-state index in [-0.39, 0.29) is 12.1 Å². The van der Waals surface area contributed by atoms with Crippen LogP contribution in [0.5, 0.6) is 0 Å². The van der Waals surface area contributed by atoms with E-state index in [2.05, 4.69) is 5.32 Å². The summed E-state index contributed by atoms with van der Waals surface area (Å²) in [5, 5.41) is 2.63. The Morgan fingerprint density at radius 3 is 2.75 bits per heavy atom. The molecular weight excluding hydrogens is 264 g/mol. The summed E-state index contributed by atoms with van der Waals surface area (Å²) in [6.45, 7) is 2.62. The fourth-order valence-electron chi connectivity index (χ4n) is 2.39. The number of carbonyl (C=O) groups excluding carboxylic acids is 1. The maximum absolute atomic E-state index is 13.5. The molecule has 1 saturated heterocycles. The molecule has 3 nitrogen and oxygen atoms in total. The maximum Gasteiger partial charge on any atom is 0.257 e. The molecule has 0 radical (unpaired) electrons. The van der Waals surface area contributed by atoms with E-state index in [4.69, 9.17) is 4.74 Å². The van der Waals surface area contributed by atoms with Crippen molar-refractivity contribution in [1.82, 2.24) is 5.32 Å². The largest absolute Gasteiger partial charge is 0.378 e. The SMILES string of the molecule is CC(CCC1CCCO1)NC(=O)c1c(F)cccc1F. The van der Waals surface area contributed by atoms with Gasteiger partial charge in [0.05, 0.1) is 6.10 Å². The van der Waals surface area contributed by atoms with Crippen molar-refractivity contribution < 1.29 is 18.3 Å². The first-order chi connectivity index (χ1) is 9.58. The van der Waals surface area contributed by atoms with Crippen molar-refractivity contribution >= 4 is 5.91 Å². The summed E-state index contributed by atoms with van der Waals surface area (Å²) in [5.41, 5.74) is -0.517. The van der Waals surface area contributed by atoms with Gasteiger partial charge >= 0.3 is 0 Å². The molecule has 110 valence electrons. The average molecular weight is 283 g/mol. The monoisotopic (exact) mass is 283 g/mol. The van der Waals surface area contributed by atoms with Crippen molar-refractivity contribution in [2.75, 3.05) is 6.61 Å². The van der Waals surface area contributed by atoms with Gasteiger partial charge in [0.25, 0.3) is 5.91 Å². The molecule has 1 aromatic carbocycles. The van der Waals surface area contributed by atoms with E-state index in [1.165, 1.54) is 6.07 Å². The molecule has 0 bridgehead atoms. The van der Waals surface area contributed by atoms with Crippen LogP contribution in [0.3, 0.4) is 0 Å². The molecule has 1 amide bonds. The minimum atomic E-state index is -0.839. The van der Waals surface area contributed by atoms with Crippen LogP contribution in [0.4, 0.5) is 8.78 Å². The number of benzene rings is 1. The van der Waals surface area contributed by atoms with E-state index in [1.54, 1.807) is 0 Å². The van der Waals surface area contributed by atoms with E-state index < -0.39 is 23.1 Å². The Labute approximate surface area is 117 Å². The topological polar surface area (TPSA) is 38.3 Å². The van der Waals surface area contributed by atoms with Gasteiger partial charge in [-0.3, -0.25) is 4.79 Å². The van der Waals surface area contributed by atoms with Crippen LogP contribution in [0.1, 0.15) is 43.0 Å². The summed E-state index contributed by atoms with van der Waals surface area (Å²) < 4.78 is 32.4. The van der Waals surface area contributed by atoms with Crippen LogP contribution in [0, 0.1) is 11.6 Å². The molecule has 0 spiro atoms. The molecule has 1 aliphatic rings. The molecule has 0 saturated carbocycles. The molecule has 5 heteroatoms. The van der Waals surface area contributed by atoms with Gasteiger partial charge in [0.1, 0.15) is 17.2 Å². The Morgan fingerprint density at radius 2 is 2.15 bits per heavy atom. The molecule has 1 heterocycles. The second kappa shape index (κ2) is 6.79. The van der Waals surface area contributed by atoms with E-state index in [9.17, 15) is 13.6 Å². The van der Waals surface area contributed by atoms with E-state index in [0.29, 0.717) is 0 Å². The van der Waals surface area contributed by atoms with Gasteiger partial charge in [-0.1, -0.05) is 6.07 Å². The number of carbonyl (C=O) groups is 1. The van der Waals surface area contributed by atoms with E-state index in [1.807, 2.05) is 6.92 Å². The molecule has 1 aromatic rings. The highest BCUT2D eigenvalue weighted by molar-refractivity contribution is 5.94. The van der Waals surface area contributed by atoms with Crippen molar-refractivity contribution in [1.29, 1.82) is 0 Å². The summed E-state index contributed by atoms with van der Waals surface area (Å²) >= 11 is 0. The molecule has 2 rings (SSSR count). The van der Waals surface area contributed by atoms with E-state index in [0.717, 1.165) is 44.4 Å². The summed E-state index contributed by atoms with van der Waals surface area (Å²) in [6.07, 6.45) is 3.95. The second-order valence-corrected chi connectivity index (χ2v) is 5.18. The molecule has 1 aliphatic heterocycles. The highest BCUT2D eigenvalue weighted by Crippen LogP contribution is 2.18. The lowest BCUT2D eigenvalue weighted by Gasteiger charge is -2.16. The van der Waals surface area contributed by atoms with Gasteiger partial charge in [-0.05, 0) is 44.7 Å². The Bertz CT molecular complexity index is 453. The molecule has 1 fully saturated rings. The lowest BCUT2D eigenvalue weighted by atomic mass is 10.1. The Kier molecular flexibility index (Phi) is 5.06. The highest BCUT2D eigenvalue weighted by Gasteiger charge is 2.20. The zero-order valence-electron chi connectivity index (χ0n) is 11.5. The third-order valence-electron chi connectivity index (χ3n) is 3.51. The third-order valence-corrected chi connectivity index (χ3v) is 3.51. The zero-order valence-corrected chi connectivity index (χ0v) is 11.5. The quantitative estimate of drug-likeness (QED) is 0.902. The van der Waals surface area contributed by atoms with Crippen LogP contribution in [0.2, 0.25) is 0 Å². The van der Waals surface area contributed by atoms with Crippen molar-refractivity contribution in [3.8, 4) is 0 Å². The Hall–Kier alpha value is -1.49. The first-order valence-corrected chi connectivity index (χ1v) is 6.94. The van der Waals surface area contributed by atoms with Crippen LogP contribution in [0.25, 0.3) is 0 Å². The van der Waals surface area contributed by atoms with Crippen LogP contribution in [0.15, 0.2) is 18.2 Å². The summed E-state index contributed by atoms with van der Waals surface area (Å²) in [6, 6.07) is 3.25. The lowest BCUT2D eigenvalue weighted by Crippen LogP contribution is -2.34. The van der Waals surface area contributed by atoms with Crippen LogP contribution in [-0.4, -0.2) is 24.7 Å². The lowest BCUT2D eigenvalue weighted by molar-refractivity contribution is 0.0892. The van der Waals surface area contributed by atoms with Crippen LogP contribution >= 0.6 is 0 Å². The van der Waals surface area contributed by atoms with Crippen molar-refractivity contribution in [2.24, 2.45) is 0 Å². The molecule has 1 N–H and O–H groups in total. The number of ether oxygens (including phenoxy) is 1. The van der Waals surface area contributed by atoms with Gasteiger partial charge in [-0.25, -0.2) is 8.78 Å². The number of nitrogens with one attached hydrogen (secondary N) is 1. The predicted molar refractivity (Wildman–Crippen MR) is 71.5 cm³/mol. The maximum atomic E-state index is 13.5. The predicted octanol–water partition coefficient (Wildman–Crippen LogP) is 3.04. The van der Waals surface area contributed by atoms with Gasteiger partial charge in [0, 0.05) is 12.6 Å². The van der Waals surface area contributed by atoms with Gasteiger partial charge < -0.3 is 10.1 Å². The normalized spacial score (nSPS) is 19.9. The van der Waals surface area contributed by atoms with E-state index >= 15 is 0 Å². The van der Waals surface area contributed by atoms with Crippen molar-refractivity contribution in [2.45, 2.75) is 44.8 Å². The minimum absolute atomic E-state index is 0.147. The molecule has 2 atom stereocenters. The number of amides is 1. The van der Waals surface area contributed by atoms with Gasteiger partial charge in [-0.15, -0.1) is 0 Å². The van der Waals surface area contributed by atoms with Crippen LogP contribution in [-0.2, 0) is 4.74 Å². The number of hydrogen-bond donors (Lipinski definition) is 1. The highest BCUT2D eigenvalue weighted by atomic mass is 19.1. The fraction of sp³-hybridized carbons (Fsp3) is 0.533. The third kappa shape index (κ3) is 3.76. The first-order valence-electron chi connectivity index (χ1n) is 6.94. The first kappa shape index (κ1) is 14.9. The second-order valence-electron chi connectivity index (χ2n) is 5.18. The Morgan fingerprint density at radius 1 is 1.45 bits per heavy atom. The molecular formula is C15H19F2NO2. The average Bonchev–Trinajstić information content (AvgIpc) is 2.89. The minimum Gasteiger partial charge on any atom is -0.378 e. The van der Waals surface area contributed by atoms with Gasteiger partial charge in [-0.2, -0.15) is 0 Å². The Balaban J connectivity index is 1.87. The summed E-state index contributed by atoms with van der Waals surface area (Å²) in [4.78, 5) is 11.9. The smallest absolute Gasteiger partial charge is 0.257 e. The zero-order chi connectivity index (χ0) is 14.5. The van der Waals surface area contributed by atoms with Crippen LogP contribution < -0.4 is 5.32 Å².